The molecule has 106 valence electrons. The average Bonchev–Trinajstić information content (AvgIpc) is 2.45. The minimum atomic E-state index is -0.438. The van der Waals surface area contributed by atoms with E-state index in [0.717, 1.165) is 12.0 Å². The monoisotopic (exact) mass is 271 g/mol. The second-order valence-corrected chi connectivity index (χ2v) is 4.80. The first-order valence-corrected chi connectivity index (χ1v) is 6.69. The first-order chi connectivity index (χ1) is 9.65. The van der Waals surface area contributed by atoms with Crippen LogP contribution < -0.4 is 5.32 Å². The predicted octanol–water partition coefficient (Wildman–Crippen LogP) is 3.52. The highest BCUT2D eigenvalue weighted by atomic mass is 16.5. The van der Waals surface area contributed by atoms with Crippen LogP contribution in [0, 0.1) is 18.3 Å². The van der Waals surface area contributed by atoms with Crippen LogP contribution >= 0.6 is 0 Å². The van der Waals surface area contributed by atoms with Crippen molar-refractivity contribution >= 4 is 6.09 Å². The van der Waals surface area contributed by atoms with Crippen LogP contribution in [-0.4, -0.2) is 12.1 Å². The zero-order valence-corrected chi connectivity index (χ0v) is 11.8. The molecule has 3 nitrogen and oxygen atoms in total. The third-order valence-corrected chi connectivity index (χ3v) is 2.92. The van der Waals surface area contributed by atoms with Gasteiger partial charge in [0.25, 0.3) is 0 Å². The van der Waals surface area contributed by atoms with Gasteiger partial charge in [0.2, 0.25) is 0 Å². The Kier molecular flexibility index (Phi) is 6.99. The van der Waals surface area contributed by atoms with Gasteiger partial charge in [-0.3, -0.25) is 0 Å². The zero-order valence-electron chi connectivity index (χ0n) is 11.8. The molecule has 0 saturated heterocycles. The Morgan fingerprint density at radius 2 is 2.20 bits per heavy atom. The van der Waals surface area contributed by atoms with Gasteiger partial charge in [-0.25, -0.2) is 4.79 Å². The fourth-order valence-corrected chi connectivity index (χ4v) is 1.85. The summed E-state index contributed by atoms with van der Waals surface area (Å²) < 4.78 is 5.16. The number of carbonyl (C=O) groups is 1. The van der Waals surface area contributed by atoms with Gasteiger partial charge in [0.05, 0.1) is 6.04 Å². The molecular formula is C17H21NO2. The lowest BCUT2D eigenvalue weighted by Gasteiger charge is -2.17. The maximum absolute atomic E-state index is 11.7. The smallest absolute Gasteiger partial charge is 0.407 e. The summed E-state index contributed by atoms with van der Waals surface area (Å²) in [6, 6.07) is 9.43. The van der Waals surface area contributed by atoms with Crippen LogP contribution in [0.25, 0.3) is 0 Å². The lowest BCUT2D eigenvalue weighted by Crippen LogP contribution is -2.34. The number of carbonyl (C=O) groups excluding carboxylic acids is 1. The molecule has 0 aliphatic rings. The first kappa shape index (κ1) is 15.8. The van der Waals surface area contributed by atoms with E-state index < -0.39 is 6.09 Å². The van der Waals surface area contributed by atoms with E-state index in [0.29, 0.717) is 12.3 Å². The highest BCUT2D eigenvalue weighted by molar-refractivity contribution is 5.67. The third-order valence-electron chi connectivity index (χ3n) is 2.92. The lowest BCUT2D eigenvalue weighted by molar-refractivity contribution is 0.136. The van der Waals surface area contributed by atoms with E-state index in [1.54, 1.807) is 6.08 Å². The van der Waals surface area contributed by atoms with E-state index in [2.05, 4.69) is 17.8 Å². The number of nitrogens with one attached hydrogen (secondary N) is 1. The second-order valence-electron chi connectivity index (χ2n) is 4.80. The first-order valence-electron chi connectivity index (χ1n) is 6.69. The minimum Gasteiger partial charge on any atom is -0.445 e. The van der Waals surface area contributed by atoms with Gasteiger partial charge < -0.3 is 10.1 Å². The normalized spacial score (nSPS) is 12.8. The van der Waals surface area contributed by atoms with Gasteiger partial charge in [-0.15, -0.1) is 18.9 Å². The van der Waals surface area contributed by atoms with Crippen LogP contribution in [0.1, 0.15) is 25.3 Å². The highest BCUT2D eigenvalue weighted by Gasteiger charge is 2.13. The van der Waals surface area contributed by atoms with Crippen molar-refractivity contribution in [1.82, 2.24) is 5.32 Å². The number of benzene rings is 1. The van der Waals surface area contributed by atoms with Crippen molar-refractivity contribution in [1.29, 1.82) is 0 Å². The van der Waals surface area contributed by atoms with Crippen LogP contribution in [0.15, 0.2) is 43.0 Å². The van der Waals surface area contributed by atoms with E-state index in [1.165, 1.54) is 0 Å². The number of hydrogen-bond donors (Lipinski definition) is 1. The Bertz CT molecular complexity index is 462. The summed E-state index contributed by atoms with van der Waals surface area (Å²) >= 11 is 0. The largest absolute Gasteiger partial charge is 0.445 e. The standard InChI is InChI=1S/C17H21NO2/c1-4-9-14(3)12-16(5-2)18-17(19)20-13-15-10-7-6-8-11-15/h1,5-8,10-11,14,16H,2,9,12-13H2,3H3,(H,18,19)/t14-,16-/m1/s1. The summed E-state index contributed by atoms with van der Waals surface area (Å²) in [5, 5.41) is 2.78. The number of hydrogen-bond acceptors (Lipinski definition) is 2. The van der Waals surface area contributed by atoms with Crippen LogP contribution in [0.2, 0.25) is 0 Å². The Balaban J connectivity index is 2.36. The fourth-order valence-electron chi connectivity index (χ4n) is 1.85. The van der Waals surface area contributed by atoms with E-state index in [9.17, 15) is 4.79 Å². The molecule has 0 radical (unpaired) electrons. The molecule has 1 N–H and O–H groups in total. The molecule has 1 rings (SSSR count). The summed E-state index contributed by atoms with van der Waals surface area (Å²) in [7, 11) is 0. The van der Waals surface area contributed by atoms with E-state index in [1.807, 2.05) is 37.3 Å². The van der Waals surface area contributed by atoms with Crippen molar-refractivity contribution in [2.24, 2.45) is 5.92 Å². The molecule has 1 aromatic rings. The molecule has 0 fully saturated rings. The van der Waals surface area contributed by atoms with Crippen LogP contribution in [-0.2, 0) is 11.3 Å². The van der Waals surface area contributed by atoms with Gasteiger partial charge in [-0.2, -0.15) is 0 Å². The quantitative estimate of drug-likeness (QED) is 0.608. The summed E-state index contributed by atoms with van der Waals surface area (Å²) in [6.07, 6.45) is 7.98. The molecule has 0 unspecified atom stereocenters. The lowest BCUT2D eigenvalue weighted by atomic mass is 9.99. The van der Waals surface area contributed by atoms with Crippen molar-refractivity contribution in [2.45, 2.75) is 32.4 Å². The van der Waals surface area contributed by atoms with E-state index >= 15 is 0 Å². The minimum absolute atomic E-state index is 0.123. The second kappa shape index (κ2) is 8.82. The molecule has 0 spiro atoms. The Morgan fingerprint density at radius 3 is 2.80 bits per heavy atom. The maximum Gasteiger partial charge on any atom is 0.407 e. The summed E-state index contributed by atoms with van der Waals surface area (Å²) in [5.41, 5.74) is 0.957. The number of rotatable bonds is 7. The average molecular weight is 271 g/mol. The van der Waals surface area contributed by atoms with E-state index in [-0.39, 0.29) is 12.6 Å². The molecular weight excluding hydrogens is 250 g/mol. The molecule has 0 saturated carbocycles. The van der Waals surface area contributed by atoms with Gasteiger partial charge in [0.15, 0.2) is 0 Å². The van der Waals surface area contributed by atoms with Gasteiger partial charge in [-0.1, -0.05) is 43.3 Å². The number of alkyl carbamates (subject to hydrolysis) is 1. The Labute approximate surface area is 121 Å². The molecule has 0 heterocycles. The number of amides is 1. The topological polar surface area (TPSA) is 38.3 Å². The molecule has 20 heavy (non-hydrogen) atoms. The molecule has 1 aromatic carbocycles. The summed E-state index contributed by atoms with van der Waals surface area (Å²) in [4.78, 5) is 11.7. The highest BCUT2D eigenvalue weighted by Crippen LogP contribution is 2.10. The maximum atomic E-state index is 11.7. The molecule has 0 aliphatic heterocycles. The van der Waals surface area contributed by atoms with Crippen molar-refractivity contribution in [3.63, 3.8) is 0 Å². The van der Waals surface area contributed by atoms with Gasteiger partial charge in [-0.05, 0) is 17.9 Å². The zero-order chi connectivity index (χ0) is 14.8. The number of ether oxygens (including phenoxy) is 1. The molecule has 0 aromatic heterocycles. The van der Waals surface area contributed by atoms with Gasteiger partial charge >= 0.3 is 6.09 Å². The Morgan fingerprint density at radius 1 is 1.50 bits per heavy atom. The molecule has 0 bridgehead atoms. The van der Waals surface area contributed by atoms with Gasteiger partial charge in [0, 0.05) is 6.42 Å². The van der Waals surface area contributed by atoms with Crippen molar-refractivity contribution < 1.29 is 9.53 Å². The summed E-state index contributed by atoms with van der Waals surface area (Å²) in [6.45, 7) is 6.03. The van der Waals surface area contributed by atoms with Crippen LogP contribution in [0.5, 0.6) is 0 Å². The molecule has 1 amide bonds. The SMILES string of the molecule is C#CC[C@@H](C)C[C@@H](C=C)NC(=O)OCc1ccccc1. The predicted molar refractivity (Wildman–Crippen MR) is 81.0 cm³/mol. The summed E-state index contributed by atoms with van der Waals surface area (Å²) in [5.74, 6) is 2.95. The molecule has 0 aliphatic carbocycles. The fraction of sp³-hybridized carbons (Fsp3) is 0.353. The molecule has 3 heteroatoms. The third kappa shape index (κ3) is 6.10. The van der Waals surface area contributed by atoms with Crippen molar-refractivity contribution in [3.05, 3.63) is 48.6 Å². The van der Waals surface area contributed by atoms with Crippen molar-refractivity contribution in [3.8, 4) is 12.3 Å². The van der Waals surface area contributed by atoms with Gasteiger partial charge in [0.1, 0.15) is 6.61 Å². The van der Waals surface area contributed by atoms with Crippen LogP contribution in [0.4, 0.5) is 4.79 Å². The Hall–Kier alpha value is -2.21. The van der Waals surface area contributed by atoms with Crippen LogP contribution in [0.3, 0.4) is 0 Å². The van der Waals surface area contributed by atoms with E-state index in [4.69, 9.17) is 11.2 Å². The van der Waals surface area contributed by atoms with Crippen molar-refractivity contribution in [2.75, 3.05) is 0 Å². The number of terminal acetylenes is 1. The molecule has 2 atom stereocenters.